The number of aliphatic hydroxyl groups excluding tert-OH is 2. The van der Waals surface area contributed by atoms with Gasteiger partial charge in [-0.15, -0.1) is 0 Å². The smallest absolute Gasteiger partial charge is 0.329 e. The molecule has 13 nitrogen and oxygen atoms in total. The zero-order valence-electron chi connectivity index (χ0n) is 39.3. The Labute approximate surface area is 375 Å². The van der Waals surface area contributed by atoms with Gasteiger partial charge in [-0.2, -0.15) is 0 Å². The Bertz CT molecular complexity index is 1710. The van der Waals surface area contributed by atoms with Gasteiger partial charge in [0.25, 0.3) is 11.7 Å². The third kappa shape index (κ3) is 12.4. The lowest BCUT2D eigenvalue weighted by molar-refractivity contribution is -0.265. The van der Waals surface area contributed by atoms with E-state index in [2.05, 4.69) is 0 Å². The summed E-state index contributed by atoms with van der Waals surface area (Å²) in [6.07, 6.45) is 14.0. The number of ether oxygens (including phenoxy) is 5. The van der Waals surface area contributed by atoms with Crippen LogP contribution in [0, 0.1) is 41.4 Å². The van der Waals surface area contributed by atoms with Crippen LogP contribution < -0.4 is 0 Å². The third-order valence-electron chi connectivity index (χ3n) is 15.0. The number of rotatable bonds is 5. The molecule has 354 valence electrons. The fourth-order valence-electron chi connectivity index (χ4n) is 11.0. The second-order valence-electron chi connectivity index (χ2n) is 19.7. The molecule has 13 heteroatoms. The molecule has 1 saturated carbocycles. The molecule has 4 fully saturated rings. The molecule has 1 unspecified atom stereocenters. The minimum Gasteiger partial charge on any atom is -0.461 e. The van der Waals surface area contributed by atoms with Crippen molar-refractivity contribution in [2.24, 2.45) is 41.4 Å². The number of amides is 1. The number of hydrogen-bond acceptors (Lipinski definition) is 12. The minimum absolute atomic E-state index is 0.0105. The number of carbonyl (C=O) groups excluding carboxylic acids is 4. The van der Waals surface area contributed by atoms with Gasteiger partial charge in [0, 0.05) is 46.1 Å². The van der Waals surface area contributed by atoms with Gasteiger partial charge in [-0.05, 0) is 125 Å². The third-order valence-corrected chi connectivity index (χ3v) is 15.0. The normalized spacial score (nSPS) is 42.8. The van der Waals surface area contributed by atoms with Crippen molar-refractivity contribution in [1.82, 2.24) is 4.90 Å². The van der Waals surface area contributed by atoms with E-state index in [0.29, 0.717) is 69.8 Å². The molecule has 3 N–H and O–H groups in total. The zero-order chi connectivity index (χ0) is 46.2. The summed E-state index contributed by atoms with van der Waals surface area (Å²) in [5.41, 5.74) is 1.52. The monoisotopic (exact) mass is 884 g/mol. The fourth-order valence-corrected chi connectivity index (χ4v) is 11.0. The molecule has 0 aromatic carbocycles. The Morgan fingerprint density at radius 2 is 1.54 bits per heavy atom. The number of nitrogens with zero attached hydrogens (tertiary/aromatic N) is 1. The standard InChI is InChI=1S/C50H77NO12/c1-29-13-11-10-12-14-31(3)42(59-7)28-37-18-16-34(6)50(58,63-37)47(55)48(56)51-22-21-36-27-39(51)49(57)62-41(38(36)25-35-17-19-40(52)43(26-35)60-8)20-15-30(2)24-33(5)45(54)46(61-9)44(53)32(4)23-29/h10-14,24,29-30,32,34-43,45-46,52,54,58H,15-23,25-28H2,1-9H3/b12-10+,13-11+,31-14?,33-24+/t29-,30+,32-,34-,35+,36?,37+,38+,39+,40-,41+,42+,43-,45-,46+,50-/m1/s1. The zero-order valence-corrected chi connectivity index (χ0v) is 39.3. The maximum absolute atomic E-state index is 14.3. The van der Waals surface area contributed by atoms with Gasteiger partial charge in [0.1, 0.15) is 24.4 Å². The van der Waals surface area contributed by atoms with E-state index in [4.69, 9.17) is 23.7 Å². The van der Waals surface area contributed by atoms with Gasteiger partial charge in [0.2, 0.25) is 5.79 Å². The Morgan fingerprint density at radius 3 is 2.24 bits per heavy atom. The molecule has 5 rings (SSSR count). The molecular formula is C50H77NO12. The van der Waals surface area contributed by atoms with Crippen molar-refractivity contribution in [2.45, 2.75) is 173 Å². The van der Waals surface area contributed by atoms with Crippen molar-refractivity contribution in [3.8, 4) is 0 Å². The Kier molecular flexibility index (Phi) is 18.5. The first kappa shape index (κ1) is 51.0. The van der Waals surface area contributed by atoms with E-state index in [1.54, 1.807) is 28.1 Å². The molecule has 0 aromatic rings. The highest BCUT2D eigenvalue weighted by molar-refractivity contribution is 6.39. The molecule has 3 saturated heterocycles. The highest BCUT2D eigenvalue weighted by Crippen LogP contribution is 2.44. The molecule has 0 radical (unpaired) electrons. The number of fused-ring (bicyclic) bond motifs is 5. The summed E-state index contributed by atoms with van der Waals surface area (Å²) < 4.78 is 29.7. The van der Waals surface area contributed by atoms with Crippen LogP contribution in [0.1, 0.15) is 119 Å². The number of carbonyl (C=O) groups is 4. The summed E-state index contributed by atoms with van der Waals surface area (Å²) in [4.78, 5) is 57.7. The average molecular weight is 884 g/mol. The van der Waals surface area contributed by atoms with Gasteiger partial charge >= 0.3 is 5.97 Å². The molecule has 0 aromatic heterocycles. The van der Waals surface area contributed by atoms with E-state index in [0.717, 1.165) is 18.4 Å². The van der Waals surface area contributed by atoms with Crippen molar-refractivity contribution in [3.05, 3.63) is 47.6 Å². The highest BCUT2D eigenvalue weighted by Gasteiger charge is 2.55. The largest absolute Gasteiger partial charge is 0.461 e. The van der Waals surface area contributed by atoms with Gasteiger partial charge in [-0.25, -0.2) is 4.79 Å². The fraction of sp³-hybridized carbons (Fsp3) is 0.760. The number of piperidine rings is 1. The van der Waals surface area contributed by atoms with Gasteiger partial charge in [-0.3, -0.25) is 14.4 Å². The molecule has 1 amide bonds. The summed E-state index contributed by atoms with van der Waals surface area (Å²) in [7, 11) is 4.66. The number of methoxy groups -OCH3 is 3. The lowest BCUT2D eigenvalue weighted by Gasteiger charge is -2.43. The molecule has 5 aliphatic rings. The maximum Gasteiger partial charge on any atom is 0.329 e. The Hall–Kier alpha value is -3.04. The minimum atomic E-state index is -2.38. The summed E-state index contributed by atoms with van der Waals surface area (Å²) in [6, 6.07) is -1.00. The van der Waals surface area contributed by atoms with Crippen LogP contribution in [0.3, 0.4) is 0 Å². The summed E-state index contributed by atoms with van der Waals surface area (Å²) in [6.45, 7) is 11.5. The predicted molar refractivity (Wildman–Crippen MR) is 238 cm³/mol. The van der Waals surface area contributed by atoms with Crippen LogP contribution in [0.15, 0.2) is 47.6 Å². The van der Waals surface area contributed by atoms with Crippen LogP contribution >= 0.6 is 0 Å². The van der Waals surface area contributed by atoms with Crippen LogP contribution in [-0.2, 0) is 42.9 Å². The highest BCUT2D eigenvalue weighted by atomic mass is 16.6. The topological polar surface area (TPSA) is 178 Å². The summed E-state index contributed by atoms with van der Waals surface area (Å²) >= 11 is 0. The van der Waals surface area contributed by atoms with Crippen LogP contribution in [-0.4, -0.2) is 126 Å². The molecule has 63 heavy (non-hydrogen) atoms. The van der Waals surface area contributed by atoms with E-state index >= 15 is 0 Å². The Morgan fingerprint density at radius 1 is 0.794 bits per heavy atom. The van der Waals surface area contributed by atoms with E-state index in [1.807, 2.05) is 64.2 Å². The molecule has 5 bridgehead atoms. The van der Waals surface area contributed by atoms with Gasteiger partial charge in [0.15, 0.2) is 5.78 Å². The lowest BCUT2D eigenvalue weighted by Crippen LogP contribution is -2.61. The average Bonchev–Trinajstić information content (AvgIpc) is 3.35. The van der Waals surface area contributed by atoms with Crippen molar-refractivity contribution in [3.63, 3.8) is 0 Å². The van der Waals surface area contributed by atoms with Crippen LogP contribution in [0.2, 0.25) is 0 Å². The predicted octanol–water partition coefficient (Wildman–Crippen LogP) is 6.22. The first-order valence-electron chi connectivity index (χ1n) is 23.6. The van der Waals surface area contributed by atoms with Crippen LogP contribution in [0.25, 0.3) is 0 Å². The number of esters is 1. The van der Waals surface area contributed by atoms with E-state index in [-0.39, 0.29) is 60.0 Å². The first-order chi connectivity index (χ1) is 29.9. The van der Waals surface area contributed by atoms with Gasteiger partial charge in [-0.1, -0.05) is 64.2 Å². The molecule has 0 spiro atoms. The summed E-state index contributed by atoms with van der Waals surface area (Å²) in [5, 5.41) is 34.0. The van der Waals surface area contributed by atoms with E-state index in [1.165, 1.54) is 12.0 Å². The summed E-state index contributed by atoms with van der Waals surface area (Å²) in [5.74, 6) is -5.95. The van der Waals surface area contributed by atoms with Crippen molar-refractivity contribution in [1.29, 1.82) is 0 Å². The molecule has 1 aliphatic carbocycles. The molecule has 4 aliphatic heterocycles. The van der Waals surface area contributed by atoms with Crippen molar-refractivity contribution in [2.75, 3.05) is 27.9 Å². The number of allylic oxidation sites excluding steroid dienone is 6. The second kappa shape index (κ2) is 22.9. The quantitative estimate of drug-likeness (QED) is 0.162. The number of Topliss-reactive ketones (excluding diaryl/α,β-unsaturated/α-hetero) is 2. The number of ketones is 2. The lowest BCUT2D eigenvalue weighted by atomic mass is 9.71. The van der Waals surface area contributed by atoms with Gasteiger partial charge < -0.3 is 43.9 Å². The number of aliphatic hydroxyl groups is 3. The van der Waals surface area contributed by atoms with E-state index < -0.39 is 65.9 Å². The number of hydrogen-bond donors (Lipinski definition) is 3. The van der Waals surface area contributed by atoms with Crippen LogP contribution in [0.5, 0.6) is 0 Å². The Balaban J connectivity index is 1.46. The van der Waals surface area contributed by atoms with Crippen molar-refractivity contribution >= 4 is 23.4 Å². The van der Waals surface area contributed by atoms with Crippen LogP contribution in [0.4, 0.5) is 0 Å². The van der Waals surface area contributed by atoms with Crippen molar-refractivity contribution < 1.29 is 58.2 Å². The maximum atomic E-state index is 14.3. The molecule has 4 heterocycles. The SMILES string of the molecule is CO[C@H]1C[C@@H]2CC[C@@H](C)[C@@](O)(O2)C(=O)C(=O)N2CCC3C[C@H]2C(=O)O[C@@H](CC[C@H](C)/C=C(\C)[C@@H](O)[C@@H](OC)C(=O)[C@H](C)C[C@H](C)/C=C/C=C/C=C1C)[C@H]3C[C@@H]1CC[C@@H](O)[C@H](OC)C1. The second-order valence-corrected chi connectivity index (χ2v) is 19.7. The first-order valence-corrected chi connectivity index (χ1v) is 23.6. The van der Waals surface area contributed by atoms with E-state index in [9.17, 15) is 34.5 Å². The molecule has 16 atom stereocenters. The molecular weight excluding hydrogens is 807 g/mol. The van der Waals surface area contributed by atoms with Gasteiger partial charge in [0.05, 0.1) is 24.4 Å².